The molecule has 41 heavy (non-hydrogen) atoms. The second kappa shape index (κ2) is 10.7. The van der Waals surface area contributed by atoms with Gasteiger partial charge < -0.3 is 30.1 Å². The van der Waals surface area contributed by atoms with Crippen molar-refractivity contribution in [1.29, 1.82) is 0 Å². The summed E-state index contributed by atoms with van der Waals surface area (Å²) in [5, 5.41) is 6.32. The van der Waals surface area contributed by atoms with Crippen LogP contribution in [0.2, 0.25) is 0 Å². The molecule has 4 heterocycles. The summed E-state index contributed by atoms with van der Waals surface area (Å²) in [6.45, 7) is -0.726. The minimum Gasteiger partial charge on any atom is -0.495 e. The second-order valence-corrected chi connectivity index (χ2v) is 11.8. The molecule has 1 saturated carbocycles. The van der Waals surface area contributed by atoms with Crippen molar-refractivity contribution in [2.24, 2.45) is 0 Å². The van der Waals surface area contributed by atoms with Crippen LogP contribution in [0.1, 0.15) is 61.7 Å². The summed E-state index contributed by atoms with van der Waals surface area (Å²) in [6.07, 6.45) is 9.07. The Hall–Kier alpha value is -3.54. The molecule has 1 aliphatic carbocycles. The first kappa shape index (κ1) is 27.6. The Kier molecular flexibility index (Phi) is 7.21. The first-order valence-electron chi connectivity index (χ1n) is 14.4. The SMILES string of the molecule is COc1cc(C(=O)NC2CC3CCC(C2)N3C)ccc1Nc1ncc2c(n1)N(C1CCCC1)CC(F)(F)C(=O)N2C. The van der Waals surface area contributed by atoms with E-state index in [9.17, 15) is 18.4 Å². The summed E-state index contributed by atoms with van der Waals surface area (Å²) in [5.41, 5.74) is 1.25. The number of piperidine rings is 1. The summed E-state index contributed by atoms with van der Waals surface area (Å²) >= 11 is 0. The number of methoxy groups -OCH3 is 1. The number of amides is 2. The van der Waals surface area contributed by atoms with Crippen LogP contribution < -0.4 is 25.2 Å². The number of fused-ring (bicyclic) bond motifs is 3. The largest absolute Gasteiger partial charge is 0.495 e. The van der Waals surface area contributed by atoms with Gasteiger partial charge in [0.1, 0.15) is 11.4 Å². The van der Waals surface area contributed by atoms with Gasteiger partial charge >= 0.3 is 5.92 Å². The third-order valence-electron chi connectivity index (χ3n) is 9.28. The van der Waals surface area contributed by atoms with Gasteiger partial charge in [-0.2, -0.15) is 13.8 Å². The van der Waals surface area contributed by atoms with Crippen molar-refractivity contribution in [3.63, 3.8) is 0 Å². The van der Waals surface area contributed by atoms with Crippen LogP contribution in [-0.4, -0.2) is 84.5 Å². The van der Waals surface area contributed by atoms with Gasteiger partial charge in [0.2, 0.25) is 5.95 Å². The lowest BCUT2D eigenvalue weighted by Gasteiger charge is -2.36. The minimum absolute atomic E-state index is 0.131. The maximum absolute atomic E-state index is 14.9. The summed E-state index contributed by atoms with van der Waals surface area (Å²) in [7, 11) is 5.01. The van der Waals surface area contributed by atoms with Crippen LogP contribution in [0.15, 0.2) is 24.4 Å². The van der Waals surface area contributed by atoms with Gasteiger partial charge in [0.15, 0.2) is 5.82 Å². The Morgan fingerprint density at radius 2 is 1.78 bits per heavy atom. The topological polar surface area (TPSA) is 103 Å². The standard InChI is InChI=1S/C29H37F2N7O3/c1-36-20-9-10-21(36)14-18(13-20)33-26(39)17-8-11-22(24(12-17)41-3)34-28-32-15-23-25(35-28)38(19-6-4-5-7-19)16-29(30,31)27(40)37(23)2/h8,11-12,15,18-21H,4-7,9-10,13-14,16H2,1-3H3,(H,33,39)(H,32,34,35). The summed E-state index contributed by atoms with van der Waals surface area (Å²) in [6, 6.07) is 6.17. The maximum Gasteiger partial charge on any atom is 0.342 e. The van der Waals surface area contributed by atoms with E-state index in [1.54, 1.807) is 23.1 Å². The molecule has 2 aromatic rings. The second-order valence-electron chi connectivity index (χ2n) is 11.8. The zero-order chi connectivity index (χ0) is 28.9. The highest BCUT2D eigenvalue weighted by Crippen LogP contribution is 2.40. The number of carbonyl (C=O) groups is 2. The van der Waals surface area contributed by atoms with Crippen molar-refractivity contribution in [2.45, 2.75) is 81.5 Å². The van der Waals surface area contributed by atoms with E-state index < -0.39 is 18.4 Å². The Balaban J connectivity index is 1.23. The molecule has 220 valence electrons. The van der Waals surface area contributed by atoms with E-state index >= 15 is 0 Å². The van der Waals surface area contributed by atoms with Crippen molar-refractivity contribution in [3.05, 3.63) is 30.0 Å². The number of hydrogen-bond acceptors (Lipinski definition) is 8. The van der Waals surface area contributed by atoms with Crippen molar-refractivity contribution >= 4 is 35.0 Å². The van der Waals surface area contributed by atoms with Crippen LogP contribution in [0.5, 0.6) is 5.75 Å². The van der Waals surface area contributed by atoms with E-state index in [-0.39, 0.29) is 29.6 Å². The fraction of sp³-hybridized carbons (Fsp3) is 0.586. The molecule has 3 fully saturated rings. The van der Waals surface area contributed by atoms with Crippen LogP contribution >= 0.6 is 0 Å². The number of aromatic nitrogens is 2. The van der Waals surface area contributed by atoms with E-state index in [1.807, 2.05) is 0 Å². The Labute approximate surface area is 238 Å². The predicted molar refractivity (Wildman–Crippen MR) is 151 cm³/mol. The quantitative estimate of drug-likeness (QED) is 0.540. The molecule has 0 radical (unpaired) electrons. The number of nitrogens with one attached hydrogen (secondary N) is 2. The van der Waals surface area contributed by atoms with Crippen LogP contribution in [0.3, 0.4) is 0 Å². The van der Waals surface area contributed by atoms with Gasteiger partial charge in [-0.1, -0.05) is 12.8 Å². The third kappa shape index (κ3) is 5.18. The number of halogens is 2. The highest BCUT2D eigenvalue weighted by molar-refractivity contribution is 6.02. The molecule has 6 rings (SSSR count). The number of ether oxygens (including phenoxy) is 1. The molecule has 4 aliphatic rings. The molecule has 12 heteroatoms. The Morgan fingerprint density at radius 1 is 1.07 bits per heavy atom. The maximum atomic E-state index is 14.9. The van der Waals surface area contributed by atoms with E-state index in [2.05, 4.69) is 32.5 Å². The molecule has 0 spiro atoms. The lowest BCUT2D eigenvalue weighted by atomic mass is 9.97. The molecule has 2 saturated heterocycles. The smallest absolute Gasteiger partial charge is 0.342 e. The molecule has 10 nitrogen and oxygen atoms in total. The van der Waals surface area contributed by atoms with Crippen LogP contribution in [0.25, 0.3) is 0 Å². The monoisotopic (exact) mass is 569 g/mol. The average molecular weight is 570 g/mol. The molecule has 2 bridgehead atoms. The van der Waals surface area contributed by atoms with E-state index in [0.717, 1.165) is 43.4 Å². The lowest BCUT2D eigenvalue weighted by Crippen LogP contribution is -2.48. The zero-order valence-electron chi connectivity index (χ0n) is 23.7. The van der Waals surface area contributed by atoms with E-state index in [0.29, 0.717) is 34.9 Å². The Morgan fingerprint density at radius 3 is 2.46 bits per heavy atom. The molecule has 2 amide bonds. The number of hydrogen-bond donors (Lipinski definition) is 2. The lowest BCUT2D eigenvalue weighted by molar-refractivity contribution is -0.140. The first-order chi connectivity index (χ1) is 19.6. The van der Waals surface area contributed by atoms with Crippen molar-refractivity contribution < 1.29 is 23.1 Å². The number of rotatable bonds is 6. The molecular formula is C29H37F2N7O3. The van der Waals surface area contributed by atoms with E-state index in [1.165, 1.54) is 33.2 Å². The fourth-order valence-corrected chi connectivity index (χ4v) is 6.96. The number of carbonyl (C=O) groups excluding carboxylic acids is 2. The minimum atomic E-state index is -3.54. The predicted octanol–water partition coefficient (Wildman–Crippen LogP) is 3.94. The van der Waals surface area contributed by atoms with E-state index in [4.69, 9.17) is 4.74 Å². The molecule has 2 atom stereocenters. The Bertz CT molecular complexity index is 1320. The number of anilines is 4. The number of nitrogens with zero attached hydrogens (tertiary/aromatic N) is 5. The highest BCUT2D eigenvalue weighted by Gasteiger charge is 2.49. The summed E-state index contributed by atoms with van der Waals surface area (Å²) < 4.78 is 35.4. The normalized spacial score (nSPS) is 26.1. The van der Waals surface area contributed by atoms with Gasteiger partial charge in [-0.15, -0.1) is 0 Å². The molecule has 2 unspecified atom stereocenters. The molecular weight excluding hydrogens is 532 g/mol. The van der Waals surface area contributed by atoms with Gasteiger partial charge in [0.05, 0.1) is 25.5 Å². The number of alkyl halides is 2. The molecule has 2 N–H and O–H groups in total. The third-order valence-corrected chi connectivity index (χ3v) is 9.28. The molecule has 1 aromatic heterocycles. The number of benzene rings is 1. The highest BCUT2D eigenvalue weighted by atomic mass is 19.3. The van der Waals surface area contributed by atoms with Crippen molar-refractivity contribution in [2.75, 3.05) is 42.9 Å². The molecule has 3 aliphatic heterocycles. The van der Waals surface area contributed by atoms with Gasteiger partial charge in [0, 0.05) is 36.8 Å². The van der Waals surface area contributed by atoms with Crippen molar-refractivity contribution in [3.8, 4) is 5.75 Å². The van der Waals surface area contributed by atoms with Gasteiger partial charge in [-0.3, -0.25) is 9.59 Å². The van der Waals surface area contributed by atoms with Crippen LogP contribution in [-0.2, 0) is 4.79 Å². The zero-order valence-corrected chi connectivity index (χ0v) is 23.7. The average Bonchev–Trinajstić information content (AvgIpc) is 3.54. The first-order valence-corrected chi connectivity index (χ1v) is 14.4. The van der Waals surface area contributed by atoms with Crippen LogP contribution in [0, 0.1) is 0 Å². The summed E-state index contributed by atoms with van der Waals surface area (Å²) in [4.78, 5) is 39.5. The fourth-order valence-electron chi connectivity index (χ4n) is 6.96. The molecule has 1 aromatic carbocycles. The van der Waals surface area contributed by atoms with Gasteiger partial charge in [-0.25, -0.2) is 4.98 Å². The van der Waals surface area contributed by atoms with Gasteiger partial charge in [0.25, 0.3) is 11.8 Å². The summed E-state index contributed by atoms with van der Waals surface area (Å²) in [5.74, 6) is -4.07. The van der Waals surface area contributed by atoms with Crippen LogP contribution in [0.4, 0.5) is 31.9 Å². The van der Waals surface area contributed by atoms with Crippen molar-refractivity contribution in [1.82, 2.24) is 20.2 Å². The van der Waals surface area contributed by atoms with Gasteiger partial charge in [-0.05, 0) is 63.8 Å².